The van der Waals surface area contributed by atoms with Crippen LogP contribution in [0.2, 0.25) is 5.02 Å². The highest BCUT2D eigenvalue weighted by molar-refractivity contribution is 6.30. The van der Waals surface area contributed by atoms with Gasteiger partial charge in [0.15, 0.2) is 0 Å². The first kappa shape index (κ1) is 9.97. The van der Waals surface area contributed by atoms with Gasteiger partial charge in [0.2, 0.25) is 0 Å². The number of benzene rings is 1. The third-order valence-electron chi connectivity index (χ3n) is 2.41. The normalized spacial score (nSPS) is 21.4. The zero-order valence-corrected chi connectivity index (χ0v) is 8.76. The Morgan fingerprint density at radius 3 is 2.79 bits per heavy atom. The lowest BCUT2D eigenvalue weighted by Gasteiger charge is -2.10. The molecule has 0 bridgehead atoms. The fraction of sp³-hybridized carbons (Fsp3) is 0.455. The molecule has 3 heteroatoms. The summed E-state index contributed by atoms with van der Waals surface area (Å²) >= 11 is 5.79. The fourth-order valence-electron chi connectivity index (χ4n) is 1.57. The average Bonchev–Trinajstić information content (AvgIpc) is 2.70. The third-order valence-corrected chi connectivity index (χ3v) is 2.67. The van der Waals surface area contributed by atoms with E-state index in [0.29, 0.717) is 12.7 Å². The molecule has 0 radical (unpaired) electrons. The highest BCUT2D eigenvalue weighted by atomic mass is 35.5. The van der Waals surface area contributed by atoms with Crippen molar-refractivity contribution >= 4 is 11.6 Å². The maximum Gasteiger partial charge on any atom is 0.0721 e. The van der Waals surface area contributed by atoms with E-state index in [4.69, 9.17) is 16.3 Å². The first-order valence-electron chi connectivity index (χ1n) is 4.91. The molecule has 0 aromatic heterocycles. The minimum atomic E-state index is 0.380. The van der Waals surface area contributed by atoms with E-state index in [1.807, 2.05) is 24.3 Å². The molecule has 1 heterocycles. The lowest BCUT2D eigenvalue weighted by atomic mass is 10.2. The fourth-order valence-corrected chi connectivity index (χ4v) is 1.69. The Labute approximate surface area is 89.2 Å². The molecule has 0 amide bonds. The van der Waals surface area contributed by atoms with Crippen LogP contribution in [-0.4, -0.2) is 19.2 Å². The number of ether oxygens (including phenoxy) is 1. The maximum absolute atomic E-state index is 5.79. The van der Waals surface area contributed by atoms with Crippen molar-refractivity contribution in [1.29, 1.82) is 0 Å². The maximum atomic E-state index is 5.79. The molecule has 0 saturated carbocycles. The smallest absolute Gasteiger partial charge is 0.0721 e. The van der Waals surface area contributed by atoms with Crippen molar-refractivity contribution in [2.75, 3.05) is 13.1 Å². The minimum Gasteiger partial charge on any atom is -0.372 e. The van der Waals surface area contributed by atoms with Gasteiger partial charge in [0, 0.05) is 11.6 Å². The highest BCUT2D eigenvalue weighted by Gasteiger charge is 2.14. The van der Waals surface area contributed by atoms with Crippen molar-refractivity contribution in [3.63, 3.8) is 0 Å². The van der Waals surface area contributed by atoms with Crippen molar-refractivity contribution < 1.29 is 4.74 Å². The number of nitrogens with one attached hydrogen (secondary N) is 1. The van der Waals surface area contributed by atoms with Crippen LogP contribution in [-0.2, 0) is 11.3 Å². The average molecular weight is 212 g/mol. The summed E-state index contributed by atoms with van der Waals surface area (Å²) in [4.78, 5) is 0. The van der Waals surface area contributed by atoms with Crippen LogP contribution in [0, 0.1) is 0 Å². The van der Waals surface area contributed by atoms with Crippen molar-refractivity contribution in [1.82, 2.24) is 5.32 Å². The van der Waals surface area contributed by atoms with Crippen molar-refractivity contribution in [3.8, 4) is 0 Å². The summed E-state index contributed by atoms with van der Waals surface area (Å²) in [7, 11) is 0. The van der Waals surface area contributed by atoms with Gasteiger partial charge >= 0.3 is 0 Å². The van der Waals surface area contributed by atoms with Crippen LogP contribution < -0.4 is 5.32 Å². The Morgan fingerprint density at radius 1 is 1.36 bits per heavy atom. The topological polar surface area (TPSA) is 21.3 Å². The van der Waals surface area contributed by atoms with Gasteiger partial charge in [-0.25, -0.2) is 0 Å². The number of hydrogen-bond acceptors (Lipinski definition) is 2. The summed E-state index contributed by atoms with van der Waals surface area (Å²) in [6.45, 7) is 2.74. The quantitative estimate of drug-likeness (QED) is 0.828. The molecule has 1 aliphatic rings. The van der Waals surface area contributed by atoms with Crippen LogP contribution >= 0.6 is 11.6 Å². The molecule has 2 nitrogen and oxygen atoms in total. The molecular weight excluding hydrogens is 198 g/mol. The molecule has 1 aromatic rings. The molecule has 1 aliphatic heterocycles. The van der Waals surface area contributed by atoms with Crippen LogP contribution in [0.5, 0.6) is 0 Å². The molecule has 1 saturated heterocycles. The summed E-state index contributed by atoms with van der Waals surface area (Å²) < 4.78 is 5.72. The van der Waals surface area contributed by atoms with Crippen molar-refractivity contribution in [2.45, 2.75) is 19.1 Å². The predicted molar refractivity (Wildman–Crippen MR) is 57.5 cm³/mol. The zero-order valence-electron chi connectivity index (χ0n) is 8.00. The van der Waals surface area contributed by atoms with Gasteiger partial charge in [-0.05, 0) is 30.7 Å². The number of rotatable bonds is 3. The second kappa shape index (κ2) is 4.78. The molecule has 1 atom stereocenters. The van der Waals surface area contributed by atoms with Crippen molar-refractivity contribution in [3.05, 3.63) is 34.9 Å². The largest absolute Gasteiger partial charge is 0.372 e. The van der Waals surface area contributed by atoms with E-state index in [1.165, 1.54) is 5.56 Å². The number of hydrogen-bond donors (Lipinski definition) is 1. The Kier molecular flexibility index (Phi) is 3.40. The van der Waals surface area contributed by atoms with E-state index < -0.39 is 0 Å². The Balaban J connectivity index is 1.82. The van der Waals surface area contributed by atoms with Gasteiger partial charge in [-0.3, -0.25) is 0 Å². The van der Waals surface area contributed by atoms with Crippen LogP contribution in [0.1, 0.15) is 12.0 Å². The summed E-state index contributed by atoms with van der Waals surface area (Å²) in [5.41, 5.74) is 1.18. The second-order valence-corrected chi connectivity index (χ2v) is 3.99. The summed E-state index contributed by atoms with van der Waals surface area (Å²) in [6.07, 6.45) is 1.50. The first-order chi connectivity index (χ1) is 6.84. The van der Waals surface area contributed by atoms with Gasteiger partial charge < -0.3 is 10.1 Å². The molecule has 2 rings (SSSR count). The van der Waals surface area contributed by atoms with Crippen LogP contribution in [0.15, 0.2) is 24.3 Å². The lowest BCUT2D eigenvalue weighted by molar-refractivity contribution is 0.0542. The second-order valence-electron chi connectivity index (χ2n) is 3.55. The lowest BCUT2D eigenvalue weighted by Crippen LogP contribution is -2.16. The Hall–Kier alpha value is -0.570. The van der Waals surface area contributed by atoms with Gasteiger partial charge in [-0.1, -0.05) is 23.7 Å². The van der Waals surface area contributed by atoms with Gasteiger partial charge in [0.1, 0.15) is 0 Å². The van der Waals surface area contributed by atoms with E-state index in [0.717, 1.165) is 24.5 Å². The molecule has 1 fully saturated rings. The monoisotopic (exact) mass is 211 g/mol. The van der Waals surface area contributed by atoms with E-state index in [-0.39, 0.29) is 0 Å². The molecule has 1 aromatic carbocycles. The van der Waals surface area contributed by atoms with Gasteiger partial charge in [0.25, 0.3) is 0 Å². The van der Waals surface area contributed by atoms with E-state index >= 15 is 0 Å². The molecule has 0 spiro atoms. The van der Waals surface area contributed by atoms with E-state index in [9.17, 15) is 0 Å². The molecule has 1 N–H and O–H groups in total. The summed E-state index contributed by atoms with van der Waals surface area (Å²) in [6, 6.07) is 7.80. The highest BCUT2D eigenvalue weighted by Crippen LogP contribution is 2.12. The molecular formula is C11H14ClNO. The SMILES string of the molecule is Clc1ccc(CO[C@H]2CCNC2)cc1. The van der Waals surface area contributed by atoms with Crippen molar-refractivity contribution in [2.24, 2.45) is 0 Å². The van der Waals surface area contributed by atoms with Crippen LogP contribution in [0.4, 0.5) is 0 Å². The molecule has 14 heavy (non-hydrogen) atoms. The summed E-state index contributed by atoms with van der Waals surface area (Å²) in [5.74, 6) is 0. The molecule has 0 aliphatic carbocycles. The molecule has 0 unspecified atom stereocenters. The van der Waals surface area contributed by atoms with E-state index in [2.05, 4.69) is 5.32 Å². The third kappa shape index (κ3) is 2.71. The predicted octanol–water partition coefficient (Wildman–Crippen LogP) is 2.22. The van der Waals surface area contributed by atoms with Gasteiger partial charge in [-0.2, -0.15) is 0 Å². The van der Waals surface area contributed by atoms with Gasteiger partial charge in [0.05, 0.1) is 12.7 Å². The van der Waals surface area contributed by atoms with E-state index in [1.54, 1.807) is 0 Å². The molecule has 76 valence electrons. The van der Waals surface area contributed by atoms with Crippen LogP contribution in [0.3, 0.4) is 0 Å². The number of halogens is 1. The standard InChI is InChI=1S/C11H14ClNO/c12-10-3-1-9(2-4-10)8-14-11-5-6-13-7-11/h1-4,11,13H,5-8H2/t11-/m0/s1. The van der Waals surface area contributed by atoms with Crippen LogP contribution in [0.25, 0.3) is 0 Å². The Bertz CT molecular complexity index is 280. The Morgan fingerprint density at radius 2 is 2.14 bits per heavy atom. The van der Waals surface area contributed by atoms with Gasteiger partial charge in [-0.15, -0.1) is 0 Å². The first-order valence-corrected chi connectivity index (χ1v) is 5.29. The zero-order chi connectivity index (χ0) is 9.80. The summed E-state index contributed by atoms with van der Waals surface area (Å²) in [5, 5.41) is 4.05. The minimum absolute atomic E-state index is 0.380.